The van der Waals surface area contributed by atoms with Crippen LogP contribution in [0.15, 0.2) is 24.3 Å². The van der Waals surface area contributed by atoms with Crippen molar-refractivity contribution >= 4 is 44.8 Å². The Bertz CT molecular complexity index is 915. The van der Waals surface area contributed by atoms with Crippen LogP contribution in [0.3, 0.4) is 0 Å². The molecule has 2 N–H and O–H groups in total. The number of aromatic nitrogens is 2. The van der Waals surface area contributed by atoms with Crippen LogP contribution in [0.5, 0.6) is 0 Å². The number of amides is 1. The normalized spacial score (nSPS) is 12.2. The number of rotatable bonds is 7. The molecule has 136 valence electrons. The van der Waals surface area contributed by atoms with Gasteiger partial charge in [0.2, 0.25) is 5.91 Å². The van der Waals surface area contributed by atoms with Gasteiger partial charge in [-0.2, -0.15) is 0 Å². The number of carbonyl (C=O) groups excluding carboxylic acids is 1. The van der Waals surface area contributed by atoms with E-state index in [0.717, 1.165) is 39.4 Å². The molecule has 1 unspecified atom stereocenters. The molecular weight excluding hydrogens is 370 g/mol. The lowest BCUT2D eigenvalue weighted by Crippen LogP contribution is -2.26. The smallest absolute Gasteiger partial charge is 0.347 e. The highest BCUT2D eigenvalue weighted by atomic mass is 32.1. The minimum absolute atomic E-state index is 0.0664. The van der Waals surface area contributed by atoms with Gasteiger partial charge in [-0.1, -0.05) is 12.1 Å². The highest BCUT2D eigenvalue weighted by Gasteiger charge is 2.19. The van der Waals surface area contributed by atoms with E-state index in [-0.39, 0.29) is 16.8 Å². The molecule has 1 atom stereocenters. The highest BCUT2D eigenvalue weighted by Crippen LogP contribution is 2.24. The molecule has 2 heterocycles. The summed E-state index contributed by atoms with van der Waals surface area (Å²) in [4.78, 5) is 32.3. The number of aromatic carboxylic acids is 1. The summed E-state index contributed by atoms with van der Waals surface area (Å²) in [5, 5.41) is 13.6. The topological polar surface area (TPSA) is 92.2 Å². The number of thiazole rings is 2. The fraction of sp³-hybridized carbons (Fsp3) is 0.333. The molecule has 3 rings (SSSR count). The summed E-state index contributed by atoms with van der Waals surface area (Å²) in [5.74, 6) is -1.05. The first kappa shape index (κ1) is 18.5. The molecule has 2 aromatic heterocycles. The van der Waals surface area contributed by atoms with Gasteiger partial charge < -0.3 is 10.4 Å². The number of nitrogens with zero attached hydrogens (tertiary/aromatic N) is 2. The summed E-state index contributed by atoms with van der Waals surface area (Å²) in [7, 11) is 0. The molecular formula is C18H19N3O3S2. The summed E-state index contributed by atoms with van der Waals surface area (Å²) in [6.07, 6.45) is 1.88. The third-order valence-corrected chi connectivity index (χ3v) is 6.31. The third-order valence-electron chi connectivity index (χ3n) is 3.89. The van der Waals surface area contributed by atoms with Crippen molar-refractivity contribution in [2.24, 2.45) is 0 Å². The number of carboxylic acid groups (broad SMARTS) is 1. The summed E-state index contributed by atoms with van der Waals surface area (Å²) in [5.41, 5.74) is 1.48. The van der Waals surface area contributed by atoms with E-state index in [4.69, 9.17) is 5.11 Å². The zero-order chi connectivity index (χ0) is 18.7. The minimum Gasteiger partial charge on any atom is -0.477 e. The van der Waals surface area contributed by atoms with Crippen LogP contribution in [0, 0.1) is 6.92 Å². The van der Waals surface area contributed by atoms with Crippen molar-refractivity contribution in [1.82, 2.24) is 15.3 Å². The fourth-order valence-electron chi connectivity index (χ4n) is 2.60. The Kier molecular flexibility index (Phi) is 5.63. The quantitative estimate of drug-likeness (QED) is 0.638. The molecule has 0 saturated carbocycles. The van der Waals surface area contributed by atoms with Crippen molar-refractivity contribution in [1.29, 1.82) is 0 Å². The number of carbonyl (C=O) groups is 2. The largest absolute Gasteiger partial charge is 0.477 e. The second-order valence-electron chi connectivity index (χ2n) is 5.99. The number of fused-ring (bicyclic) bond motifs is 1. The predicted octanol–water partition coefficient (Wildman–Crippen LogP) is 3.96. The maximum absolute atomic E-state index is 12.1. The molecule has 0 aliphatic heterocycles. The number of aryl methyl sites for hydroxylation is 2. The first-order valence-electron chi connectivity index (χ1n) is 8.28. The second-order valence-corrected chi connectivity index (χ2v) is 8.14. The molecule has 0 bridgehead atoms. The summed E-state index contributed by atoms with van der Waals surface area (Å²) in [6, 6.07) is 7.70. The zero-order valence-electron chi connectivity index (χ0n) is 14.5. The Morgan fingerprint density at radius 1 is 1.23 bits per heavy atom. The highest BCUT2D eigenvalue weighted by molar-refractivity contribution is 7.18. The van der Waals surface area contributed by atoms with Gasteiger partial charge in [-0.25, -0.2) is 14.8 Å². The van der Waals surface area contributed by atoms with Gasteiger partial charge >= 0.3 is 5.97 Å². The number of para-hydroxylation sites is 1. The molecule has 26 heavy (non-hydrogen) atoms. The van der Waals surface area contributed by atoms with Crippen LogP contribution in [0.25, 0.3) is 10.2 Å². The first-order chi connectivity index (χ1) is 12.4. The second kappa shape index (κ2) is 7.92. The van der Waals surface area contributed by atoms with E-state index in [1.54, 1.807) is 18.3 Å². The number of carboxylic acids is 1. The van der Waals surface area contributed by atoms with E-state index in [2.05, 4.69) is 15.3 Å². The van der Waals surface area contributed by atoms with E-state index >= 15 is 0 Å². The Morgan fingerprint density at radius 2 is 2.00 bits per heavy atom. The molecule has 0 spiro atoms. The van der Waals surface area contributed by atoms with Gasteiger partial charge in [0, 0.05) is 6.42 Å². The van der Waals surface area contributed by atoms with Crippen LogP contribution in [0.4, 0.5) is 0 Å². The average molecular weight is 390 g/mol. The van der Waals surface area contributed by atoms with Crippen LogP contribution in [0.2, 0.25) is 0 Å². The lowest BCUT2D eigenvalue weighted by Gasteiger charge is -2.10. The summed E-state index contributed by atoms with van der Waals surface area (Å²) in [6.45, 7) is 3.48. The maximum Gasteiger partial charge on any atom is 0.347 e. The Balaban J connectivity index is 1.50. The lowest BCUT2D eigenvalue weighted by molar-refractivity contribution is -0.121. The standard InChI is InChI=1S/C18H19N3O3S2/c1-10-16(18(23)24)26-17(20-10)11(2)19-14(22)8-5-9-15-21-12-6-3-4-7-13(12)25-15/h3-4,6-7,11H,5,8-9H2,1-2H3,(H,19,22)(H,23,24). The summed E-state index contributed by atoms with van der Waals surface area (Å²) >= 11 is 2.77. The molecule has 1 aromatic carbocycles. The number of hydrogen-bond acceptors (Lipinski definition) is 6. The van der Waals surface area contributed by atoms with E-state index in [0.29, 0.717) is 17.1 Å². The molecule has 0 radical (unpaired) electrons. The molecule has 0 fully saturated rings. The van der Waals surface area contributed by atoms with Gasteiger partial charge in [-0.05, 0) is 38.8 Å². The van der Waals surface area contributed by atoms with Gasteiger partial charge in [0.05, 0.1) is 27.0 Å². The van der Waals surface area contributed by atoms with Crippen molar-refractivity contribution < 1.29 is 14.7 Å². The van der Waals surface area contributed by atoms with Gasteiger partial charge in [0.15, 0.2) is 0 Å². The minimum atomic E-state index is -0.986. The lowest BCUT2D eigenvalue weighted by atomic mass is 10.2. The fourth-order valence-corrected chi connectivity index (χ4v) is 4.52. The van der Waals surface area contributed by atoms with Crippen LogP contribution < -0.4 is 5.32 Å². The third kappa shape index (κ3) is 4.25. The zero-order valence-corrected chi connectivity index (χ0v) is 16.1. The molecule has 6 nitrogen and oxygen atoms in total. The predicted molar refractivity (Wildman–Crippen MR) is 103 cm³/mol. The van der Waals surface area contributed by atoms with Crippen molar-refractivity contribution in [2.45, 2.75) is 39.2 Å². The van der Waals surface area contributed by atoms with Gasteiger partial charge in [0.25, 0.3) is 0 Å². The Morgan fingerprint density at radius 3 is 2.69 bits per heavy atom. The van der Waals surface area contributed by atoms with E-state index < -0.39 is 5.97 Å². The van der Waals surface area contributed by atoms with Crippen molar-refractivity contribution in [3.05, 3.63) is 44.9 Å². The van der Waals surface area contributed by atoms with Gasteiger partial charge in [0.1, 0.15) is 9.88 Å². The van der Waals surface area contributed by atoms with Crippen LogP contribution in [-0.4, -0.2) is 27.0 Å². The summed E-state index contributed by atoms with van der Waals surface area (Å²) < 4.78 is 1.16. The number of hydrogen-bond donors (Lipinski definition) is 2. The van der Waals surface area contributed by atoms with Crippen LogP contribution >= 0.6 is 22.7 Å². The molecule has 0 aliphatic carbocycles. The van der Waals surface area contributed by atoms with E-state index in [1.165, 1.54) is 0 Å². The van der Waals surface area contributed by atoms with Crippen molar-refractivity contribution in [3.63, 3.8) is 0 Å². The van der Waals surface area contributed by atoms with E-state index in [9.17, 15) is 9.59 Å². The molecule has 8 heteroatoms. The monoisotopic (exact) mass is 389 g/mol. The molecule has 0 aliphatic rings. The van der Waals surface area contributed by atoms with Gasteiger partial charge in [-0.15, -0.1) is 22.7 Å². The Hall–Kier alpha value is -2.32. The number of nitrogens with one attached hydrogen (secondary N) is 1. The molecule has 0 saturated heterocycles. The van der Waals surface area contributed by atoms with Crippen molar-refractivity contribution in [2.75, 3.05) is 0 Å². The van der Waals surface area contributed by atoms with E-state index in [1.807, 2.05) is 31.2 Å². The molecule has 3 aromatic rings. The SMILES string of the molecule is Cc1nc(C(C)NC(=O)CCCc2nc3ccccc3s2)sc1C(=O)O. The van der Waals surface area contributed by atoms with Gasteiger partial charge in [-0.3, -0.25) is 4.79 Å². The van der Waals surface area contributed by atoms with Crippen LogP contribution in [-0.2, 0) is 11.2 Å². The number of benzene rings is 1. The van der Waals surface area contributed by atoms with Crippen molar-refractivity contribution in [3.8, 4) is 0 Å². The average Bonchev–Trinajstić information content (AvgIpc) is 3.17. The Labute approximate surface area is 158 Å². The maximum atomic E-state index is 12.1. The van der Waals surface area contributed by atoms with Crippen LogP contribution in [0.1, 0.15) is 51.2 Å². The first-order valence-corrected chi connectivity index (χ1v) is 9.91. The molecule has 1 amide bonds.